The summed E-state index contributed by atoms with van der Waals surface area (Å²) >= 11 is 0. The van der Waals surface area contributed by atoms with Crippen molar-refractivity contribution in [2.75, 3.05) is 7.11 Å². The van der Waals surface area contributed by atoms with Crippen LogP contribution >= 0.6 is 0 Å². The summed E-state index contributed by atoms with van der Waals surface area (Å²) in [4.78, 5) is 11.9. The smallest absolute Gasteiger partial charge is 0.307 e. The molecule has 5 nitrogen and oxygen atoms in total. The van der Waals surface area contributed by atoms with E-state index >= 15 is 0 Å². The van der Waals surface area contributed by atoms with E-state index in [1.807, 2.05) is 31.2 Å². The summed E-state index contributed by atoms with van der Waals surface area (Å²) in [7, 11) is 1.62. The molecule has 1 aromatic heterocycles. The second-order valence-electron chi connectivity index (χ2n) is 4.49. The van der Waals surface area contributed by atoms with Crippen molar-refractivity contribution in [2.24, 2.45) is 5.10 Å². The molecule has 1 N–H and O–H groups in total. The molecule has 1 heterocycles. The average Bonchev–Trinajstić information content (AvgIpc) is 2.95. The molecule has 0 aliphatic carbocycles. The van der Waals surface area contributed by atoms with Gasteiger partial charge in [-0.3, -0.25) is 4.79 Å². The van der Waals surface area contributed by atoms with E-state index in [2.05, 4.69) is 10.5 Å². The van der Waals surface area contributed by atoms with E-state index in [1.165, 1.54) is 0 Å². The van der Waals surface area contributed by atoms with Gasteiger partial charge in [-0.1, -0.05) is 6.92 Å². The minimum atomic E-state index is -0.359. The van der Waals surface area contributed by atoms with Gasteiger partial charge in [-0.05, 0) is 55.3 Å². The second kappa shape index (κ2) is 6.74. The van der Waals surface area contributed by atoms with Crippen LogP contribution in [0, 0.1) is 6.92 Å². The highest BCUT2D eigenvalue weighted by Crippen LogP contribution is 2.13. The molecular formula is C16H18N2O3. The SMILES string of the molecule is CC/C(=N\NC(=O)c1ccc(C)o1)c1ccc(OC)cc1. The van der Waals surface area contributed by atoms with Gasteiger partial charge in [-0.25, -0.2) is 5.43 Å². The third-order valence-corrected chi connectivity index (χ3v) is 3.01. The van der Waals surface area contributed by atoms with Crippen molar-refractivity contribution in [1.29, 1.82) is 0 Å². The van der Waals surface area contributed by atoms with Crippen molar-refractivity contribution in [3.05, 3.63) is 53.5 Å². The number of furan rings is 1. The first-order valence-electron chi connectivity index (χ1n) is 6.71. The number of benzene rings is 1. The maximum atomic E-state index is 11.9. The summed E-state index contributed by atoms with van der Waals surface area (Å²) in [6.07, 6.45) is 0.698. The van der Waals surface area contributed by atoms with Gasteiger partial charge >= 0.3 is 5.91 Å². The molecule has 110 valence electrons. The van der Waals surface area contributed by atoms with Crippen molar-refractivity contribution in [3.63, 3.8) is 0 Å². The molecule has 0 unspecified atom stereocenters. The standard InChI is InChI=1S/C16H18N2O3/c1-4-14(12-6-8-13(20-3)9-7-12)17-18-16(19)15-10-5-11(2)21-15/h5-10H,4H2,1-3H3,(H,18,19)/b17-14+. The zero-order chi connectivity index (χ0) is 15.2. The van der Waals surface area contributed by atoms with Gasteiger partial charge in [0.05, 0.1) is 12.8 Å². The minimum Gasteiger partial charge on any atom is -0.497 e. The number of amides is 1. The van der Waals surface area contributed by atoms with Gasteiger partial charge in [0.25, 0.3) is 0 Å². The molecule has 0 saturated carbocycles. The number of methoxy groups -OCH3 is 1. The van der Waals surface area contributed by atoms with E-state index in [9.17, 15) is 4.79 Å². The molecular weight excluding hydrogens is 268 g/mol. The minimum absolute atomic E-state index is 0.251. The summed E-state index contributed by atoms with van der Waals surface area (Å²) in [5.74, 6) is 1.36. The molecule has 0 atom stereocenters. The van der Waals surface area contributed by atoms with Crippen LogP contribution in [-0.4, -0.2) is 18.7 Å². The molecule has 0 aliphatic heterocycles. The Labute approximate surface area is 123 Å². The van der Waals surface area contributed by atoms with E-state index in [0.717, 1.165) is 17.0 Å². The highest BCUT2D eigenvalue weighted by atomic mass is 16.5. The van der Waals surface area contributed by atoms with Crippen LogP contribution < -0.4 is 10.2 Å². The van der Waals surface area contributed by atoms with Crippen molar-refractivity contribution in [3.8, 4) is 5.75 Å². The van der Waals surface area contributed by atoms with Gasteiger partial charge in [0.15, 0.2) is 5.76 Å². The molecule has 21 heavy (non-hydrogen) atoms. The molecule has 0 saturated heterocycles. The molecule has 2 rings (SSSR count). The topological polar surface area (TPSA) is 63.8 Å². The third kappa shape index (κ3) is 3.72. The Morgan fingerprint density at radius 2 is 1.95 bits per heavy atom. The zero-order valence-electron chi connectivity index (χ0n) is 12.3. The van der Waals surface area contributed by atoms with Gasteiger partial charge in [0, 0.05) is 0 Å². The summed E-state index contributed by atoms with van der Waals surface area (Å²) in [6.45, 7) is 3.77. The van der Waals surface area contributed by atoms with Crippen LogP contribution in [0.4, 0.5) is 0 Å². The largest absolute Gasteiger partial charge is 0.497 e. The molecule has 1 amide bonds. The normalized spacial score (nSPS) is 11.3. The maximum absolute atomic E-state index is 11.9. The summed E-state index contributed by atoms with van der Waals surface area (Å²) < 4.78 is 10.4. The van der Waals surface area contributed by atoms with E-state index < -0.39 is 0 Å². The predicted octanol–water partition coefficient (Wildman–Crippen LogP) is 3.14. The first-order chi connectivity index (χ1) is 10.1. The Kier molecular flexibility index (Phi) is 4.77. The molecule has 2 aromatic rings. The van der Waals surface area contributed by atoms with Crippen LogP contribution in [0.2, 0.25) is 0 Å². The van der Waals surface area contributed by atoms with Crippen molar-refractivity contribution in [2.45, 2.75) is 20.3 Å². The Bertz CT molecular complexity index is 642. The van der Waals surface area contributed by atoms with Crippen LogP contribution in [0.15, 0.2) is 45.9 Å². The molecule has 0 aliphatic rings. The fourth-order valence-electron chi connectivity index (χ4n) is 1.86. The number of ether oxygens (including phenoxy) is 1. The monoisotopic (exact) mass is 286 g/mol. The lowest BCUT2D eigenvalue weighted by molar-refractivity contribution is 0.0926. The summed E-state index contributed by atoms with van der Waals surface area (Å²) in [6, 6.07) is 10.9. The van der Waals surface area contributed by atoms with Crippen LogP contribution in [0.1, 0.15) is 35.2 Å². The van der Waals surface area contributed by atoms with Gasteiger partial charge < -0.3 is 9.15 Å². The number of hydrogen-bond donors (Lipinski definition) is 1. The zero-order valence-corrected chi connectivity index (χ0v) is 12.3. The van der Waals surface area contributed by atoms with Gasteiger partial charge in [-0.15, -0.1) is 0 Å². The summed E-state index contributed by atoms with van der Waals surface area (Å²) in [5, 5.41) is 4.17. The van der Waals surface area contributed by atoms with Crippen LogP contribution in [-0.2, 0) is 0 Å². The van der Waals surface area contributed by atoms with Gasteiger partial charge in [0.1, 0.15) is 11.5 Å². The van der Waals surface area contributed by atoms with E-state index in [-0.39, 0.29) is 11.7 Å². The Hall–Kier alpha value is -2.56. The number of nitrogens with zero attached hydrogens (tertiary/aromatic N) is 1. The van der Waals surface area contributed by atoms with Crippen molar-refractivity contribution >= 4 is 11.6 Å². The first-order valence-corrected chi connectivity index (χ1v) is 6.71. The van der Waals surface area contributed by atoms with E-state index in [4.69, 9.17) is 9.15 Å². The second-order valence-corrected chi connectivity index (χ2v) is 4.49. The number of carbonyl (C=O) groups is 1. The lowest BCUT2D eigenvalue weighted by atomic mass is 10.1. The molecule has 0 bridgehead atoms. The van der Waals surface area contributed by atoms with Crippen LogP contribution in [0.3, 0.4) is 0 Å². The van der Waals surface area contributed by atoms with E-state index in [1.54, 1.807) is 26.2 Å². The van der Waals surface area contributed by atoms with Crippen LogP contribution in [0.25, 0.3) is 0 Å². The fourth-order valence-corrected chi connectivity index (χ4v) is 1.86. The fraction of sp³-hybridized carbons (Fsp3) is 0.250. The number of hydrazone groups is 1. The van der Waals surface area contributed by atoms with Gasteiger partial charge in [0.2, 0.25) is 0 Å². The molecule has 0 spiro atoms. The number of hydrogen-bond acceptors (Lipinski definition) is 4. The lowest BCUT2D eigenvalue weighted by Crippen LogP contribution is -2.19. The number of aryl methyl sites for hydroxylation is 1. The highest BCUT2D eigenvalue weighted by Gasteiger charge is 2.09. The quantitative estimate of drug-likeness (QED) is 0.678. The predicted molar refractivity (Wildman–Crippen MR) is 80.7 cm³/mol. The Morgan fingerprint density at radius 3 is 2.48 bits per heavy atom. The average molecular weight is 286 g/mol. The number of rotatable bonds is 5. The number of carbonyl (C=O) groups excluding carboxylic acids is 1. The van der Waals surface area contributed by atoms with Crippen LogP contribution in [0.5, 0.6) is 5.75 Å². The van der Waals surface area contributed by atoms with Crippen molar-refractivity contribution in [1.82, 2.24) is 5.43 Å². The Balaban J connectivity index is 2.10. The maximum Gasteiger partial charge on any atom is 0.307 e. The summed E-state index contributed by atoms with van der Waals surface area (Å²) in [5.41, 5.74) is 4.24. The lowest BCUT2D eigenvalue weighted by Gasteiger charge is -2.06. The molecule has 0 radical (unpaired) electrons. The first kappa shape index (κ1) is 14.8. The Morgan fingerprint density at radius 1 is 1.24 bits per heavy atom. The number of nitrogens with one attached hydrogen (secondary N) is 1. The van der Waals surface area contributed by atoms with Gasteiger partial charge in [-0.2, -0.15) is 5.10 Å². The molecule has 0 fully saturated rings. The van der Waals surface area contributed by atoms with Crippen molar-refractivity contribution < 1.29 is 13.9 Å². The highest BCUT2D eigenvalue weighted by molar-refractivity contribution is 6.01. The van der Waals surface area contributed by atoms with E-state index in [0.29, 0.717) is 12.2 Å². The molecule has 5 heteroatoms. The third-order valence-electron chi connectivity index (χ3n) is 3.01. The molecule has 1 aromatic carbocycles.